The molecular formula is C14H16N2O3. The predicted molar refractivity (Wildman–Crippen MR) is 69.9 cm³/mol. The molecule has 1 aromatic heterocycles. The number of benzene rings is 1. The van der Waals surface area contributed by atoms with Gasteiger partial charge in [0.25, 0.3) is 0 Å². The lowest BCUT2D eigenvalue weighted by atomic mass is 10.1. The molecule has 0 aliphatic rings. The lowest BCUT2D eigenvalue weighted by molar-refractivity contribution is 0.0526. The molecule has 5 nitrogen and oxygen atoms in total. The molecule has 1 heterocycles. The Bertz CT molecular complexity index is 537. The van der Waals surface area contributed by atoms with Gasteiger partial charge in [-0.1, -0.05) is 30.3 Å². The predicted octanol–water partition coefficient (Wildman–Crippen LogP) is 1.64. The molecule has 1 aromatic carbocycles. The van der Waals surface area contributed by atoms with Crippen LogP contribution < -0.4 is 0 Å². The maximum atomic E-state index is 11.6. The van der Waals surface area contributed by atoms with Gasteiger partial charge in [-0.2, -0.15) is 5.10 Å². The van der Waals surface area contributed by atoms with Crippen molar-refractivity contribution >= 4 is 5.97 Å². The lowest BCUT2D eigenvalue weighted by Crippen LogP contribution is -2.15. The van der Waals surface area contributed by atoms with Gasteiger partial charge in [0.2, 0.25) is 0 Å². The van der Waals surface area contributed by atoms with E-state index in [0.717, 1.165) is 5.56 Å². The van der Waals surface area contributed by atoms with E-state index in [9.17, 15) is 9.90 Å². The van der Waals surface area contributed by atoms with Crippen LogP contribution in [0.15, 0.2) is 42.7 Å². The van der Waals surface area contributed by atoms with Gasteiger partial charge in [0.05, 0.1) is 31.0 Å². The molecule has 0 radical (unpaired) electrons. The Hall–Kier alpha value is -2.14. The van der Waals surface area contributed by atoms with Crippen molar-refractivity contribution < 1.29 is 14.6 Å². The van der Waals surface area contributed by atoms with Gasteiger partial charge in [-0.25, -0.2) is 4.79 Å². The normalized spacial score (nSPS) is 12.1. The zero-order valence-corrected chi connectivity index (χ0v) is 10.7. The molecule has 0 aliphatic carbocycles. The van der Waals surface area contributed by atoms with E-state index in [1.807, 2.05) is 30.3 Å². The standard InChI is InChI=1S/C14H16N2O3/c1-2-19-14(18)12-8-15-16(9-12)13(10-17)11-6-4-3-5-7-11/h3-9,13,17H,2,10H2,1H3. The van der Waals surface area contributed by atoms with Crippen LogP contribution in [-0.2, 0) is 4.74 Å². The number of hydrogen-bond donors (Lipinski definition) is 1. The fourth-order valence-electron chi connectivity index (χ4n) is 1.85. The maximum absolute atomic E-state index is 11.6. The molecule has 100 valence electrons. The summed E-state index contributed by atoms with van der Waals surface area (Å²) in [6.45, 7) is 1.99. The molecular weight excluding hydrogens is 244 g/mol. The number of esters is 1. The molecule has 1 unspecified atom stereocenters. The SMILES string of the molecule is CCOC(=O)c1cnn(C(CO)c2ccccc2)c1. The van der Waals surface area contributed by atoms with E-state index in [2.05, 4.69) is 5.10 Å². The highest BCUT2D eigenvalue weighted by atomic mass is 16.5. The summed E-state index contributed by atoms with van der Waals surface area (Å²) in [5.74, 6) is -0.404. The highest BCUT2D eigenvalue weighted by Gasteiger charge is 2.16. The largest absolute Gasteiger partial charge is 0.462 e. The first-order valence-corrected chi connectivity index (χ1v) is 6.13. The van der Waals surface area contributed by atoms with Crippen LogP contribution in [0.4, 0.5) is 0 Å². The number of aliphatic hydroxyl groups is 1. The summed E-state index contributed by atoms with van der Waals surface area (Å²) in [5, 5.41) is 13.6. The average Bonchev–Trinajstić information content (AvgIpc) is 2.91. The van der Waals surface area contributed by atoms with E-state index in [1.165, 1.54) is 6.20 Å². The smallest absolute Gasteiger partial charge is 0.341 e. The second-order valence-corrected chi connectivity index (χ2v) is 4.04. The summed E-state index contributed by atoms with van der Waals surface area (Å²) >= 11 is 0. The summed E-state index contributed by atoms with van der Waals surface area (Å²) in [6.07, 6.45) is 3.04. The summed E-state index contributed by atoms with van der Waals surface area (Å²) in [4.78, 5) is 11.6. The Morgan fingerprint density at radius 2 is 2.16 bits per heavy atom. The summed E-state index contributed by atoms with van der Waals surface area (Å²) in [5.41, 5.74) is 1.32. The van der Waals surface area contributed by atoms with E-state index < -0.39 is 5.97 Å². The van der Waals surface area contributed by atoms with Gasteiger partial charge >= 0.3 is 5.97 Å². The third kappa shape index (κ3) is 3.00. The van der Waals surface area contributed by atoms with Crippen molar-refractivity contribution in [1.82, 2.24) is 9.78 Å². The third-order valence-corrected chi connectivity index (χ3v) is 2.79. The first-order valence-electron chi connectivity index (χ1n) is 6.13. The monoisotopic (exact) mass is 260 g/mol. The van der Waals surface area contributed by atoms with E-state index in [4.69, 9.17) is 4.74 Å². The first-order chi connectivity index (χ1) is 9.26. The van der Waals surface area contributed by atoms with E-state index in [-0.39, 0.29) is 12.6 Å². The van der Waals surface area contributed by atoms with Gasteiger partial charge in [0.1, 0.15) is 0 Å². The summed E-state index contributed by atoms with van der Waals surface area (Å²) in [7, 11) is 0. The molecule has 0 saturated heterocycles. The zero-order valence-electron chi connectivity index (χ0n) is 10.7. The van der Waals surface area contributed by atoms with Crippen molar-refractivity contribution in [1.29, 1.82) is 0 Å². The molecule has 0 bridgehead atoms. The molecule has 19 heavy (non-hydrogen) atoms. The minimum atomic E-state index is -0.404. The minimum absolute atomic E-state index is 0.0893. The Morgan fingerprint density at radius 3 is 2.79 bits per heavy atom. The van der Waals surface area contributed by atoms with E-state index in [1.54, 1.807) is 17.8 Å². The topological polar surface area (TPSA) is 64.3 Å². The van der Waals surface area contributed by atoms with Gasteiger partial charge in [0, 0.05) is 6.20 Å². The fourth-order valence-corrected chi connectivity index (χ4v) is 1.85. The fraction of sp³-hybridized carbons (Fsp3) is 0.286. The van der Waals surface area contributed by atoms with Gasteiger partial charge in [0.15, 0.2) is 0 Å². The first kappa shape index (κ1) is 13.3. The van der Waals surface area contributed by atoms with Crippen LogP contribution in [-0.4, -0.2) is 34.1 Å². The van der Waals surface area contributed by atoms with Crippen LogP contribution in [0.3, 0.4) is 0 Å². The molecule has 0 saturated carbocycles. The number of aliphatic hydroxyl groups excluding tert-OH is 1. The second kappa shape index (κ2) is 6.15. The van der Waals surface area contributed by atoms with Crippen LogP contribution in [0.1, 0.15) is 28.9 Å². The highest BCUT2D eigenvalue weighted by Crippen LogP contribution is 2.17. The Morgan fingerprint density at radius 1 is 1.42 bits per heavy atom. The van der Waals surface area contributed by atoms with Crippen LogP contribution >= 0.6 is 0 Å². The number of hydrogen-bond acceptors (Lipinski definition) is 4. The van der Waals surface area contributed by atoms with Crippen molar-refractivity contribution in [3.05, 3.63) is 53.9 Å². The number of nitrogens with zero attached hydrogens (tertiary/aromatic N) is 2. The lowest BCUT2D eigenvalue weighted by Gasteiger charge is -2.14. The van der Waals surface area contributed by atoms with Crippen LogP contribution in [0.5, 0.6) is 0 Å². The Kier molecular flexibility index (Phi) is 4.30. The van der Waals surface area contributed by atoms with Crippen molar-refractivity contribution in [2.24, 2.45) is 0 Å². The van der Waals surface area contributed by atoms with Gasteiger partial charge in [-0.3, -0.25) is 4.68 Å². The number of aromatic nitrogens is 2. The highest BCUT2D eigenvalue weighted by molar-refractivity contribution is 5.88. The van der Waals surface area contributed by atoms with Crippen molar-refractivity contribution in [3.63, 3.8) is 0 Å². The molecule has 2 aromatic rings. The zero-order chi connectivity index (χ0) is 13.7. The van der Waals surface area contributed by atoms with E-state index in [0.29, 0.717) is 12.2 Å². The molecule has 1 N–H and O–H groups in total. The molecule has 1 atom stereocenters. The van der Waals surface area contributed by atoms with Gasteiger partial charge in [-0.05, 0) is 12.5 Å². The van der Waals surface area contributed by atoms with E-state index >= 15 is 0 Å². The average molecular weight is 260 g/mol. The van der Waals surface area contributed by atoms with Crippen LogP contribution in [0, 0.1) is 0 Å². The van der Waals surface area contributed by atoms with Gasteiger partial charge < -0.3 is 9.84 Å². The maximum Gasteiger partial charge on any atom is 0.341 e. The Labute approximate surface area is 111 Å². The summed E-state index contributed by atoms with van der Waals surface area (Å²) in [6, 6.07) is 9.22. The molecule has 0 amide bonds. The third-order valence-electron chi connectivity index (χ3n) is 2.79. The van der Waals surface area contributed by atoms with Crippen molar-refractivity contribution in [3.8, 4) is 0 Å². The number of carbonyl (C=O) groups excluding carboxylic acids is 1. The summed E-state index contributed by atoms with van der Waals surface area (Å²) < 4.78 is 6.48. The van der Waals surface area contributed by atoms with Gasteiger partial charge in [-0.15, -0.1) is 0 Å². The molecule has 0 fully saturated rings. The molecule has 2 rings (SSSR count). The van der Waals surface area contributed by atoms with Crippen molar-refractivity contribution in [2.45, 2.75) is 13.0 Å². The molecule has 0 aliphatic heterocycles. The molecule has 5 heteroatoms. The van der Waals surface area contributed by atoms with Crippen molar-refractivity contribution in [2.75, 3.05) is 13.2 Å². The van der Waals surface area contributed by atoms with Crippen LogP contribution in [0.25, 0.3) is 0 Å². The minimum Gasteiger partial charge on any atom is -0.462 e. The number of rotatable bonds is 5. The Balaban J connectivity index is 2.23. The second-order valence-electron chi connectivity index (χ2n) is 4.04. The molecule has 0 spiro atoms. The number of carbonyl (C=O) groups is 1. The quantitative estimate of drug-likeness (QED) is 0.830. The number of ether oxygens (including phenoxy) is 1. The van der Waals surface area contributed by atoms with Crippen LogP contribution in [0.2, 0.25) is 0 Å².